The summed E-state index contributed by atoms with van der Waals surface area (Å²) < 4.78 is 0. The SMILES string of the molecule is Cc1cc(Cl)c(CN2CCN(C)CC2CN)c(Cl)n1. The van der Waals surface area contributed by atoms with Crippen molar-refractivity contribution in [3.63, 3.8) is 0 Å². The number of nitrogens with two attached hydrogens (primary N) is 1. The van der Waals surface area contributed by atoms with Crippen LogP contribution in [0.5, 0.6) is 0 Å². The van der Waals surface area contributed by atoms with Gasteiger partial charge in [-0.1, -0.05) is 23.2 Å². The van der Waals surface area contributed by atoms with Crippen LogP contribution in [-0.2, 0) is 6.54 Å². The largest absolute Gasteiger partial charge is 0.329 e. The van der Waals surface area contributed by atoms with Crippen molar-refractivity contribution >= 4 is 23.2 Å². The normalized spacial score (nSPS) is 21.8. The van der Waals surface area contributed by atoms with Crippen LogP contribution in [0.3, 0.4) is 0 Å². The van der Waals surface area contributed by atoms with Crippen LogP contribution in [0.1, 0.15) is 11.3 Å². The lowest BCUT2D eigenvalue weighted by Crippen LogP contribution is -2.54. The average molecular weight is 303 g/mol. The molecule has 1 atom stereocenters. The van der Waals surface area contributed by atoms with Crippen LogP contribution in [0.25, 0.3) is 0 Å². The fourth-order valence-electron chi connectivity index (χ4n) is 2.45. The van der Waals surface area contributed by atoms with Crippen molar-refractivity contribution in [3.05, 3.63) is 27.5 Å². The minimum atomic E-state index is 0.340. The number of hydrogen-bond donors (Lipinski definition) is 1. The number of aromatic nitrogens is 1. The Morgan fingerprint density at radius 3 is 2.79 bits per heavy atom. The first-order valence-corrected chi connectivity index (χ1v) is 7.21. The van der Waals surface area contributed by atoms with E-state index in [1.807, 2.05) is 13.0 Å². The third kappa shape index (κ3) is 3.58. The summed E-state index contributed by atoms with van der Waals surface area (Å²) in [7, 11) is 2.12. The van der Waals surface area contributed by atoms with Crippen LogP contribution in [0, 0.1) is 6.92 Å². The van der Waals surface area contributed by atoms with Gasteiger partial charge in [-0.25, -0.2) is 4.98 Å². The Balaban J connectivity index is 2.16. The highest BCUT2D eigenvalue weighted by Crippen LogP contribution is 2.26. The Labute approximate surface area is 124 Å². The van der Waals surface area contributed by atoms with Gasteiger partial charge in [-0.3, -0.25) is 4.90 Å². The average Bonchev–Trinajstić information content (AvgIpc) is 2.35. The van der Waals surface area contributed by atoms with Crippen molar-refractivity contribution in [1.29, 1.82) is 0 Å². The van der Waals surface area contributed by atoms with Gasteiger partial charge >= 0.3 is 0 Å². The highest BCUT2D eigenvalue weighted by atomic mass is 35.5. The molecule has 0 radical (unpaired) electrons. The summed E-state index contributed by atoms with van der Waals surface area (Å²) in [5, 5.41) is 1.19. The second kappa shape index (κ2) is 6.37. The summed E-state index contributed by atoms with van der Waals surface area (Å²) in [4.78, 5) is 8.91. The molecular weight excluding hydrogens is 283 g/mol. The van der Waals surface area contributed by atoms with Crippen LogP contribution in [-0.4, -0.2) is 54.1 Å². The predicted molar refractivity (Wildman–Crippen MR) is 79.7 cm³/mol. The van der Waals surface area contributed by atoms with Crippen molar-refractivity contribution in [3.8, 4) is 0 Å². The van der Waals surface area contributed by atoms with Crippen molar-refractivity contribution in [2.75, 3.05) is 33.2 Å². The van der Waals surface area contributed by atoms with E-state index in [1.165, 1.54) is 0 Å². The number of likely N-dealkylation sites (N-methyl/N-ethyl adjacent to an activating group) is 1. The molecule has 19 heavy (non-hydrogen) atoms. The zero-order valence-corrected chi connectivity index (χ0v) is 12.9. The molecule has 0 aromatic carbocycles. The second-order valence-electron chi connectivity index (χ2n) is 5.14. The van der Waals surface area contributed by atoms with Crippen LogP contribution >= 0.6 is 23.2 Å². The maximum Gasteiger partial charge on any atom is 0.135 e. The number of piperazine rings is 1. The van der Waals surface area contributed by atoms with Gasteiger partial charge in [-0.05, 0) is 20.0 Å². The van der Waals surface area contributed by atoms with Gasteiger partial charge in [0.2, 0.25) is 0 Å². The zero-order chi connectivity index (χ0) is 14.0. The van der Waals surface area contributed by atoms with E-state index < -0.39 is 0 Å². The van der Waals surface area contributed by atoms with Gasteiger partial charge in [0.15, 0.2) is 0 Å². The quantitative estimate of drug-likeness (QED) is 0.865. The lowest BCUT2D eigenvalue weighted by Gasteiger charge is -2.39. The molecule has 4 nitrogen and oxygen atoms in total. The number of halogens is 2. The molecule has 0 spiro atoms. The molecule has 6 heteroatoms. The van der Waals surface area contributed by atoms with Gasteiger partial charge in [-0.2, -0.15) is 0 Å². The molecule has 1 aliphatic heterocycles. The van der Waals surface area contributed by atoms with Gasteiger partial charge in [0.05, 0.1) is 0 Å². The summed E-state index contributed by atoms with van der Waals surface area (Å²) >= 11 is 12.5. The lowest BCUT2D eigenvalue weighted by molar-refractivity contribution is 0.0880. The first kappa shape index (κ1) is 15.0. The Morgan fingerprint density at radius 2 is 2.16 bits per heavy atom. The first-order chi connectivity index (χ1) is 9.01. The molecule has 2 rings (SSSR count). The summed E-state index contributed by atoms with van der Waals surface area (Å²) in [5.41, 5.74) is 7.60. The molecule has 0 saturated carbocycles. The maximum absolute atomic E-state index is 6.28. The number of pyridine rings is 1. The monoisotopic (exact) mass is 302 g/mol. The minimum Gasteiger partial charge on any atom is -0.329 e. The molecule has 1 fully saturated rings. The molecule has 1 unspecified atom stereocenters. The number of rotatable bonds is 3. The van der Waals surface area contributed by atoms with Crippen LogP contribution in [0.15, 0.2) is 6.07 Å². The van der Waals surface area contributed by atoms with Crippen molar-refractivity contribution in [2.24, 2.45) is 5.73 Å². The minimum absolute atomic E-state index is 0.340. The highest BCUT2D eigenvalue weighted by Gasteiger charge is 2.25. The molecule has 0 aliphatic carbocycles. The molecule has 0 amide bonds. The summed E-state index contributed by atoms with van der Waals surface area (Å²) in [6, 6.07) is 2.20. The van der Waals surface area contributed by atoms with Gasteiger partial charge in [0.1, 0.15) is 5.15 Å². The maximum atomic E-state index is 6.28. The van der Waals surface area contributed by atoms with E-state index >= 15 is 0 Å². The topological polar surface area (TPSA) is 45.4 Å². The van der Waals surface area contributed by atoms with Gasteiger partial charge < -0.3 is 10.6 Å². The van der Waals surface area contributed by atoms with E-state index in [2.05, 4.69) is 21.8 Å². The van der Waals surface area contributed by atoms with E-state index in [4.69, 9.17) is 28.9 Å². The Morgan fingerprint density at radius 1 is 1.42 bits per heavy atom. The van der Waals surface area contributed by atoms with Gasteiger partial charge in [0, 0.05) is 55.0 Å². The fraction of sp³-hybridized carbons (Fsp3) is 0.615. The van der Waals surface area contributed by atoms with Crippen LogP contribution < -0.4 is 5.73 Å². The summed E-state index contributed by atoms with van der Waals surface area (Å²) in [5.74, 6) is 0. The molecule has 106 valence electrons. The summed E-state index contributed by atoms with van der Waals surface area (Å²) in [6.07, 6.45) is 0. The van der Waals surface area contributed by atoms with Crippen molar-refractivity contribution in [1.82, 2.24) is 14.8 Å². The van der Waals surface area contributed by atoms with E-state index in [9.17, 15) is 0 Å². The summed E-state index contributed by atoms with van der Waals surface area (Å²) in [6.45, 7) is 6.22. The molecule has 1 aliphatic rings. The smallest absolute Gasteiger partial charge is 0.135 e. The standard InChI is InChI=1S/C13H20Cl2N4/c1-9-5-12(14)11(13(15)17-9)8-19-4-3-18(2)7-10(19)6-16/h5,10H,3-4,6-8,16H2,1-2H3. The van der Waals surface area contributed by atoms with E-state index in [0.717, 1.165) is 30.9 Å². The van der Waals surface area contributed by atoms with Crippen molar-refractivity contribution < 1.29 is 0 Å². The first-order valence-electron chi connectivity index (χ1n) is 6.45. The molecule has 2 heterocycles. The molecule has 1 aromatic rings. The van der Waals surface area contributed by atoms with E-state index in [-0.39, 0.29) is 0 Å². The Bertz CT molecular complexity index is 429. The molecular formula is C13H20Cl2N4. The molecule has 2 N–H and O–H groups in total. The second-order valence-corrected chi connectivity index (χ2v) is 5.90. The Kier molecular flexibility index (Phi) is 5.03. The zero-order valence-electron chi connectivity index (χ0n) is 11.4. The third-order valence-corrected chi connectivity index (χ3v) is 4.24. The van der Waals surface area contributed by atoms with Crippen molar-refractivity contribution in [2.45, 2.75) is 19.5 Å². The lowest BCUT2D eigenvalue weighted by atomic mass is 10.1. The van der Waals surface area contributed by atoms with E-state index in [0.29, 0.717) is 29.3 Å². The number of hydrogen-bond acceptors (Lipinski definition) is 4. The van der Waals surface area contributed by atoms with Crippen LogP contribution in [0.4, 0.5) is 0 Å². The van der Waals surface area contributed by atoms with Crippen LogP contribution in [0.2, 0.25) is 10.2 Å². The molecule has 0 bridgehead atoms. The fourth-order valence-corrected chi connectivity index (χ4v) is 3.10. The van der Waals surface area contributed by atoms with Gasteiger partial charge in [0.25, 0.3) is 0 Å². The van der Waals surface area contributed by atoms with E-state index in [1.54, 1.807) is 0 Å². The van der Waals surface area contributed by atoms with Gasteiger partial charge in [-0.15, -0.1) is 0 Å². The number of aryl methyl sites for hydroxylation is 1. The number of nitrogens with zero attached hydrogens (tertiary/aromatic N) is 3. The molecule has 1 aromatic heterocycles. The Hall–Kier alpha value is -0.390. The molecule has 1 saturated heterocycles. The highest BCUT2D eigenvalue weighted by molar-refractivity contribution is 6.35. The predicted octanol–water partition coefficient (Wildman–Crippen LogP) is 1.77. The third-order valence-electron chi connectivity index (χ3n) is 3.59.